The van der Waals surface area contributed by atoms with Crippen molar-refractivity contribution >= 4 is 11.9 Å². The smallest absolute Gasteiger partial charge is 0.255 e. The number of piperidine rings is 1. The summed E-state index contributed by atoms with van der Waals surface area (Å²) in [6.07, 6.45) is 9.63. The molecule has 130 valence electrons. The summed E-state index contributed by atoms with van der Waals surface area (Å²) < 4.78 is 0. The third-order valence-electron chi connectivity index (χ3n) is 5.53. The van der Waals surface area contributed by atoms with Gasteiger partial charge in [0.15, 0.2) is 0 Å². The molecule has 2 aromatic heterocycles. The average Bonchev–Trinajstić information content (AvgIpc) is 2.62. The first-order valence-electron chi connectivity index (χ1n) is 8.89. The first-order chi connectivity index (χ1) is 12.1. The standard InChI is InChI=1S/C19H23N5O/c1-14-3-4-15(13-22-14)17(25)24-9-5-19(6-10-24)11-16(12-19)23-18-20-7-2-8-21-18/h2-4,7-8,13,16H,5-6,9-12H2,1H3,(H,20,21,23). The molecule has 1 amide bonds. The minimum Gasteiger partial charge on any atom is -0.351 e. The zero-order valence-electron chi connectivity index (χ0n) is 14.5. The predicted octanol–water partition coefficient (Wildman–Crippen LogP) is 2.68. The normalized spacial score (nSPS) is 19.5. The Morgan fingerprint density at radius 2 is 1.88 bits per heavy atom. The van der Waals surface area contributed by atoms with Gasteiger partial charge in [-0.3, -0.25) is 9.78 Å². The monoisotopic (exact) mass is 337 g/mol. The van der Waals surface area contributed by atoms with Crippen molar-refractivity contribution in [2.24, 2.45) is 5.41 Å². The molecule has 0 aromatic carbocycles. The Bertz CT molecular complexity index is 730. The third kappa shape index (κ3) is 3.34. The van der Waals surface area contributed by atoms with Crippen LogP contribution in [0.3, 0.4) is 0 Å². The highest BCUT2D eigenvalue weighted by atomic mass is 16.2. The van der Waals surface area contributed by atoms with Crippen molar-refractivity contribution in [3.05, 3.63) is 48.0 Å². The lowest BCUT2D eigenvalue weighted by molar-refractivity contribution is 0.0218. The summed E-state index contributed by atoms with van der Waals surface area (Å²) in [5.74, 6) is 0.816. The molecule has 1 spiro atoms. The Balaban J connectivity index is 1.29. The number of nitrogens with one attached hydrogen (secondary N) is 1. The predicted molar refractivity (Wildman–Crippen MR) is 95.2 cm³/mol. The van der Waals surface area contributed by atoms with Crippen molar-refractivity contribution in [3.8, 4) is 0 Å². The second-order valence-electron chi connectivity index (χ2n) is 7.30. The third-order valence-corrected chi connectivity index (χ3v) is 5.53. The number of amides is 1. The fourth-order valence-electron chi connectivity index (χ4n) is 4.01. The van der Waals surface area contributed by atoms with Gasteiger partial charge >= 0.3 is 0 Å². The number of aromatic nitrogens is 3. The molecule has 0 bridgehead atoms. The summed E-state index contributed by atoms with van der Waals surface area (Å²) in [5.41, 5.74) is 2.01. The van der Waals surface area contributed by atoms with Gasteiger partial charge in [0.1, 0.15) is 0 Å². The van der Waals surface area contributed by atoms with Gasteiger partial charge in [-0.05, 0) is 56.2 Å². The van der Waals surface area contributed by atoms with Crippen molar-refractivity contribution in [1.29, 1.82) is 0 Å². The number of hydrogen-bond acceptors (Lipinski definition) is 5. The molecule has 1 saturated heterocycles. The van der Waals surface area contributed by atoms with E-state index in [1.165, 1.54) is 0 Å². The Morgan fingerprint density at radius 3 is 2.52 bits per heavy atom. The van der Waals surface area contributed by atoms with E-state index in [1.54, 1.807) is 18.6 Å². The van der Waals surface area contributed by atoms with Gasteiger partial charge in [0.2, 0.25) is 5.95 Å². The molecule has 6 heteroatoms. The Hall–Kier alpha value is -2.50. The number of nitrogens with zero attached hydrogens (tertiary/aromatic N) is 4. The average molecular weight is 337 g/mol. The van der Waals surface area contributed by atoms with Crippen LogP contribution in [0.15, 0.2) is 36.8 Å². The molecule has 0 atom stereocenters. The molecule has 0 unspecified atom stereocenters. The number of pyridine rings is 1. The van der Waals surface area contributed by atoms with Crippen molar-refractivity contribution in [3.63, 3.8) is 0 Å². The van der Waals surface area contributed by atoms with E-state index in [4.69, 9.17) is 0 Å². The van der Waals surface area contributed by atoms with Crippen LogP contribution in [0.25, 0.3) is 0 Å². The maximum Gasteiger partial charge on any atom is 0.255 e. The van der Waals surface area contributed by atoms with Crippen molar-refractivity contribution in [1.82, 2.24) is 19.9 Å². The number of carbonyl (C=O) groups excluding carboxylic acids is 1. The summed E-state index contributed by atoms with van der Waals surface area (Å²) in [4.78, 5) is 27.3. The Morgan fingerprint density at radius 1 is 1.16 bits per heavy atom. The summed E-state index contributed by atoms with van der Waals surface area (Å²) in [5, 5.41) is 3.40. The van der Waals surface area contributed by atoms with Crippen LogP contribution in [0.2, 0.25) is 0 Å². The van der Waals surface area contributed by atoms with Gasteiger partial charge in [-0.15, -0.1) is 0 Å². The number of rotatable bonds is 3. The van der Waals surface area contributed by atoms with Crippen molar-refractivity contribution in [2.75, 3.05) is 18.4 Å². The van der Waals surface area contributed by atoms with Crippen LogP contribution in [-0.4, -0.2) is 44.9 Å². The van der Waals surface area contributed by atoms with Crippen LogP contribution in [0.1, 0.15) is 41.7 Å². The van der Waals surface area contributed by atoms with E-state index in [0.717, 1.165) is 44.5 Å². The highest BCUT2D eigenvalue weighted by Gasteiger charge is 2.46. The first kappa shape index (κ1) is 16.0. The van der Waals surface area contributed by atoms with Gasteiger partial charge in [0.25, 0.3) is 5.91 Å². The summed E-state index contributed by atoms with van der Waals surface area (Å²) in [6.45, 7) is 3.60. The van der Waals surface area contributed by atoms with Crippen LogP contribution >= 0.6 is 0 Å². The molecular formula is C19H23N5O. The van der Waals surface area contributed by atoms with Crippen LogP contribution in [0.5, 0.6) is 0 Å². The highest BCUT2D eigenvalue weighted by molar-refractivity contribution is 5.94. The van der Waals surface area contributed by atoms with Crippen molar-refractivity contribution < 1.29 is 4.79 Å². The van der Waals surface area contributed by atoms with Crippen LogP contribution in [0, 0.1) is 12.3 Å². The van der Waals surface area contributed by atoms with Crippen LogP contribution in [-0.2, 0) is 0 Å². The second-order valence-corrected chi connectivity index (χ2v) is 7.30. The summed E-state index contributed by atoms with van der Waals surface area (Å²) >= 11 is 0. The fourth-order valence-corrected chi connectivity index (χ4v) is 4.01. The quantitative estimate of drug-likeness (QED) is 0.932. The van der Waals surface area contributed by atoms with E-state index in [9.17, 15) is 4.79 Å². The molecular weight excluding hydrogens is 314 g/mol. The SMILES string of the molecule is Cc1ccc(C(=O)N2CCC3(CC2)CC(Nc2ncccn2)C3)cn1. The van der Waals surface area contributed by atoms with Gasteiger partial charge < -0.3 is 10.2 Å². The number of hydrogen-bond donors (Lipinski definition) is 1. The lowest BCUT2D eigenvalue weighted by atomic mass is 9.60. The fraction of sp³-hybridized carbons (Fsp3) is 0.474. The molecule has 1 saturated carbocycles. The molecule has 2 aliphatic rings. The topological polar surface area (TPSA) is 71.0 Å². The van der Waals surface area contributed by atoms with Gasteiger partial charge in [-0.1, -0.05) is 0 Å². The second kappa shape index (κ2) is 6.43. The molecule has 3 heterocycles. The van der Waals surface area contributed by atoms with Crippen molar-refractivity contribution in [2.45, 2.75) is 38.6 Å². The minimum absolute atomic E-state index is 0.106. The highest BCUT2D eigenvalue weighted by Crippen LogP contribution is 2.49. The minimum atomic E-state index is 0.106. The van der Waals surface area contributed by atoms with Crippen LogP contribution in [0.4, 0.5) is 5.95 Å². The number of anilines is 1. The molecule has 25 heavy (non-hydrogen) atoms. The van der Waals surface area contributed by atoms with Gasteiger partial charge in [0, 0.05) is 43.4 Å². The lowest BCUT2D eigenvalue weighted by Crippen LogP contribution is -2.52. The molecule has 2 fully saturated rings. The summed E-state index contributed by atoms with van der Waals surface area (Å²) in [6, 6.07) is 6.04. The maximum absolute atomic E-state index is 12.6. The summed E-state index contributed by atoms with van der Waals surface area (Å²) in [7, 11) is 0. The first-order valence-corrected chi connectivity index (χ1v) is 8.89. The molecule has 2 aromatic rings. The molecule has 6 nitrogen and oxygen atoms in total. The zero-order valence-corrected chi connectivity index (χ0v) is 14.5. The number of aryl methyl sites for hydroxylation is 1. The van der Waals surface area contributed by atoms with E-state index < -0.39 is 0 Å². The van der Waals surface area contributed by atoms with Gasteiger partial charge in [-0.25, -0.2) is 9.97 Å². The molecule has 1 aliphatic heterocycles. The number of likely N-dealkylation sites (tertiary alicyclic amines) is 1. The lowest BCUT2D eigenvalue weighted by Gasteiger charge is -2.52. The molecule has 0 radical (unpaired) electrons. The largest absolute Gasteiger partial charge is 0.351 e. The molecule has 1 aliphatic carbocycles. The van der Waals surface area contributed by atoms with E-state index in [-0.39, 0.29) is 5.91 Å². The Labute approximate surface area is 147 Å². The van der Waals surface area contributed by atoms with E-state index in [0.29, 0.717) is 23.0 Å². The number of carbonyl (C=O) groups is 1. The molecule has 4 rings (SSSR count). The molecule has 1 N–H and O–H groups in total. The van der Waals surface area contributed by atoms with Gasteiger partial charge in [0.05, 0.1) is 5.56 Å². The van der Waals surface area contributed by atoms with Gasteiger partial charge in [-0.2, -0.15) is 0 Å². The maximum atomic E-state index is 12.6. The van der Waals surface area contributed by atoms with E-state index >= 15 is 0 Å². The zero-order chi connectivity index (χ0) is 17.3. The van der Waals surface area contributed by atoms with Crippen LogP contribution < -0.4 is 5.32 Å². The Kier molecular flexibility index (Phi) is 4.11. The van der Waals surface area contributed by atoms with E-state index in [2.05, 4.69) is 20.3 Å². The van der Waals surface area contributed by atoms with E-state index in [1.807, 2.05) is 30.0 Å².